The normalized spacial score (nSPS) is 10.5. The van der Waals surface area contributed by atoms with Gasteiger partial charge in [0.2, 0.25) is 0 Å². The molecule has 7 heteroatoms. The topological polar surface area (TPSA) is 108 Å². The fraction of sp³-hybridized carbons (Fsp3) is 0.118. The summed E-state index contributed by atoms with van der Waals surface area (Å²) in [7, 11) is 1.57. The number of aromatic carboxylic acids is 1. The predicted molar refractivity (Wildman–Crippen MR) is 85.2 cm³/mol. The van der Waals surface area contributed by atoms with E-state index in [1.807, 2.05) is 30.3 Å². The number of benzene rings is 1. The van der Waals surface area contributed by atoms with Crippen LogP contribution >= 0.6 is 0 Å². The molecule has 0 aliphatic carbocycles. The van der Waals surface area contributed by atoms with Crippen molar-refractivity contribution in [2.45, 2.75) is 6.54 Å². The third-order valence-corrected chi connectivity index (χ3v) is 3.73. The lowest BCUT2D eigenvalue weighted by atomic mass is 10.1. The molecule has 0 saturated carbocycles. The Bertz CT molecular complexity index is 985. The SMILES string of the molecule is COc1ccccc1Cn1ccc2c(O)c(C(=O)O)nc(C#N)c21. The zero-order chi connectivity index (χ0) is 17.3. The molecular formula is C17H13N3O4. The van der Waals surface area contributed by atoms with Gasteiger partial charge in [-0.15, -0.1) is 0 Å². The van der Waals surface area contributed by atoms with Gasteiger partial charge in [0.05, 0.1) is 19.2 Å². The summed E-state index contributed by atoms with van der Waals surface area (Å²) < 4.78 is 7.04. The van der Waals surface area contributed by atoms with E-state index in [1.54, 1.807) is 23.9 Å². The Morgan fingerprint density at radius 2 is 2.12 bits per heavy atom. The third kappa shape index (κ3) is 2.40. The smallest absolute Gasteiger partial charge is 0.358 e. The first-order chi connectivity index (χ1) is 11.6. The summed E-state index contributed by atoms with van der Waals surface area (Å²) in [5.41, 5.74) is 0.670. The molecule has 0 atom stereocenters. The van der Waals surface area contributed by atoms with Gasteiger partial charge in [-0.3, -0.25) is 0 Å². The van der Waals surface area contributed by atoms with E-state index in [0.717, 1.165) is 5.56 Å². The van der Waals surface area contributed by atoms with Crippen molar-refractivity contribution in [1.29, 1.82) is 5.26 Å². The van der Waals surface area contributed by atoms with Crippen LogP contribution in [0.4, 0.5) is 0 Å². The second-order valence-electron chi connectivity index (χ2n) is 5.09. The summed E-state index contributed by atoms with van der Waals surface area (Å²) in [5, 5.41) is 28.8. The molecule has 120 valence electrons. The van der Waals surface area contributed by atoms with E-state index in [-0.39, 0.29) is 11.1 Å². The standard InChI is InChI=1S/C17H13N3O4/c1-24-13-5-3-2-4-10(13)9-20-7-6-11-15(20)12(8-18)19-14(16(11)21)17(22)23/h2-7,21H,9H2,1H3,(H,22,23). The molecule has 0 radical (unpaired) electrons. The van der Waals surface area contributed by atoms with Crippen LogP contribution in [-0.2, 0) is 6.54 Å². The maximum atomic E-state index is 11.2. The Hall–Kier alpha value is -3.53. The Balaban J connectivity index is 2.19. The van der Waals surface area contributed by atoms with Crippen LogP contribution in [0.25, 0.3) is 10.9 Å². The molecule has 2 aromatic heterocycles. The zero-order valence-electron chi connectivity index (χ0n) is 12.7. The molecule has 0 spiro atoms. The van der Waals surface area contributed by atoms with Gasteiger partial charge in [0, 0.05) is 17.1 Å². The number of fused-ring (bicyclic) bond motifs is 1. The van der Waals surface area contributed by atoms with E-state index >= 15 is 0 Å². The molecule has 0 amide bonds. The summed E-state index contributed by atoms with van der Waals surface area (Å²) >= 11 is 0. The molecule has 0 aliphatic heterocycles. The maximum Gasteiger partial charge on any atom is 0.358 e. The highest BCUT2D eigenvalue weighted by molar-refractivity contribution is 5.99. The largest absolute Gasteiger partial charge is 0.505 e. The minimum absolute atomic E-state index is 0.0555. The lowest BCUT2D eigenvalue weighted by Crippen LogP contribution is -2.06. The van der Waals surface area contributed by atoms with E-state index in [1.165, 1.54) is 0 Å². The van der Waals surface area contributed by atoms with Gasteiger partial charge in [0.1, 0.15) is 11.8 Å². The van der Waals surface area contributed by atoms with Gasteiger partial charge >= 0.3 is 5.97 Å². The lowest BCUT2D eigenvalue weighted by molar-refractivity contribution is 0.0687. The van der Waals surface area contributed by atoms with Crippen molar-refractivity contribution in [1.82, 2.24) is 9.55 Å². The quantitative estimate of drug-likeness (QED) is 0.763. The number of hydrogen-bond acceptors (Lipinski definition) is 5. The third-order valence-electron chi connectivity index (χ3n) is 3.73. The first-order valence-electron chi connectivity index (χ1n) is 7.04. The Kier molecular flexibility index (Phi) is 3.80. The van der Waals surface area contributed by atoms with E-state index in [4.69, 9.17) is 9.84 Å². The first-order valence-corrected chi connectivity index (χ1v) is 7.04. The number of nitriles is 1. The second kappa shape index (κ2) is 5.93. The molecule has 0 saturated heterocycles. The van der Waals surface area contributed by atoms with Gasteiger partial charge in [-0.05, 0) is 12.1 Å². The van der Waals surface area contributed by atoms with Crippen LogP contribution in [0.1, 0.15) is 21.7 Å². The van der Waals surface area contributed by atoms with Crippen molar-refractivity contribution in [2.24, 2.45) is 0 Å². The molecule has 7 nitrogen and oxygen atoms in total. The highest BCUT2D eigenvalue weighted by Gasteiger charge is 2.21. The summed E-state index contributed by atoms with van der Waals surface area (Å²) in [6.45, 7) is 0.385. The molecule has 0 unspecified atom stereocenters. The number of hydrogen-bond donors (Lipinski definition) is 2. The molecule has 3 rings (SSSR count). The number of ether oxygens (including phenoxy) is 1. The number of rotatable bonds is 4. The van der Waals surface area contributed by atoms with Crippen molar-refractivity contribution >= 4 is 16.9 Å². The van der Waals surface area contributed by atoms with Gasteiger partial charge < -0.3 is 19.5 Å². The van der Waals surface area contributed by atoms with Crippen molar-refractivity contribution < 1.29 is 19.7 Å². The minimum Gasteiger partial charge on any atom is -0.505 e. The number of carboxylic acids is 1. The van der Waals surface area contributed by atoms with Gasteiger partial charge in [-0.2, -0.15) is 5.26 Å². The average Bonchev–Trinajstić information content (AvgIpc) is 3.00. The van der Waals surface area contributed by atoms with Gasteiger partial charge in [0.25, 0.3) is 0 Å². The molecule has 1 aromatic carbocycles. The van der Waals surface area contributed by atoms with Crippen molar-refractivity contribution in [2.75, 3.05) is 7.11 Å². The average molecular weight is 323 g/mol. The molecule has 0 bridgehead atoms. The lowest BCUT2D eigenvalue weighted by Gasteiger charge is -2.11. The zero-order valence-corrected chi connectivity index (χ0v) is 12.7. The molecule has 0 aliphatic rings. The summed E-state index contributed by atoms with van der Waals surface area (Å²) in [4.78, 5) is 14.9. The summed E-state index contributed by atoms with van der Waals surface area (Å²) in [6.07, 6.45) is 1.67. The van der Waals surface area contributed by atoms with E-state index in [9.17, 15) is 15.2 Å². The number of carboxylic acid groups (broad SMARTS) is 1. The number of aromatic nitrogens is 2. The van der Waals surface area contributed by atoms with E-state index < -0.39 is 17.4 Å². The van der Waals surface area contributed by atoms with Crippen LogP contribution in [-0.4, -0.2) is 32.8 Å². The van der Waals surface area contributed by atoms with E-state index in [0.29, 0.717) is 17.8 Å². The molecular weight excluding hydrogens is 310 g/mol. The highest BCUT2D eigenvalue weighted by Crippen LogP contribution is 2.31. The number of pyridine rings is 1. The van der Waals surface area contributed by atoms with Gasteiger partial charge in [0.15, 0.2) is 17.1 Å². The molecule has 2 heterocycles. The molecule has 3 aromatic rings. The second-order valence-corrected chi connectivity index (χ2v) is 5.09. The minimum atomic E-state index is -1.39. The van der Waals surface area contributed by atoms with Crippen molar-refractivity contribution in [3.05, 3.63) is 53.5 Å². The van der Waals surface area contributed by atoms with Crippen LogP contribution < -0.4 is 4.74 Å². The van der Waals surface area contributed by atoms with Gasteiger partial charge in [-0.25, -0.2) is 9.78 Å². The number of aromatic hydroxyl groups is 1. The van der Waals surface area contributed by atoms with Crippen LogP contribution in [0.15, 0.2) is 36.5 Å². The van der Waals surface area contributed by atoms with Crippen LogP contribution in [0, 0.1) is 11.3 Å². The van der Waals surface area contributed by atoms with Crippen molar-refractivity contribution in [3.63, 3.8) is 0 Å². The predicted octanol–water partition coefficient (Wildman–Crippen LogP) is 2.37. The van der Waals surface area contributed by atoms with Crippen LogP contribution in [0.2, 0.25) is 0 Å². The Morgan fingerprint density at radius 3 is 2.79 bits per heavy atom. The maximum absolute atomic E-state index is 11.2. The monoisotopic (exact) mass is 323 g/mol. The number of nitrogens with zero attached hydrogens (tertiary/aromatic N) is 3. The first kappa shape index (κ1) is 15.4. The van der Waals surface area contributed by atoms with E-state index in [2.05, 4.69) is 4.98 Å². The van der Waals surface area contributed by atoms with Crippen LogP contribution in [0.5, 0.6) is 11.5 Å². The summed E-state index contributed by atoms with van der Waals surface area (Å²) in [5.74, 6) is -1.14. The number of carbonyl (C=O) groups is 1. The Labute approximate surface area is 137 Å². The summed E-state index contributed by atoms with van der Waals surface area (Å²) in [6, 6.07) is 10.9. The molecule has 24 heavy (non-hydrogen) atoms. The van der Waals surface area contributed by atoms with Crippen LogP contribution in [0.3, 0.4) is 0 Å². The van der Waals surface area contributed by atoms with Gasteiger partial charge in [-0.1, -0.05) is 18.2 Å². The number of para-hydroxylation sites is 1. The molecule has 0 fully saturated rings. The number of methoxy groups -OCH3 is 1. The highest BCUT2D eigenvalue weighted by atomic mass is 16.5. The Morgan fingerprint density at radius 1 is 1.38 bits per heavy atom. The van der Waals surface area contributed by atoms with Crippen molar-refractivity contribution in [3.8, 4) is 17.6 Å². The fourth-order valence-corrected chi connectivity index (χ4v) is 2.65. The molecule has 2 N–H and O–H groups in total. The fourth-order valence-electron chi connectivity index (χ4n) is 2.65.